The standard InChI is InChI=1S/C34H36N2O5/c1-24-10-12-25(13-11-24)22-35-34(38)33(28-8-6-5-7-9-28)36(23-26-14-17-29(39-2)18-15-26)32(37)21-27-16-19-30(40-3)31(20-27)41-4/h5-20,33H,21-23H2,1-4H3,(H,35,38)/t33-/m1/s1. The summed E-state index contributed by atoms with van der Waals surface area (Å²) >= 11 is 0. The van der Waals surface area contributed by atoms with Gasteiger partial charge in [0.2, 0.25) is 11.8 Å². The summed E-state index contributed by atoms with van der Waals surface area (Å²) in [6.45, 7) is 2.60. The number of benzene rings is 4. The van der Waals surface area contributed by atoms with E-state index >= 15 is 0 Å². The third kappa shape index (κ3) is 7.66. The number of nitrogens with one attached hydrogen (secondary N) is 1. The van der Waals surface area contributed by atoms with Crippen molar-refractivity contribution in [3.05, 3.63) is 125 Å². The van der Waals surface area contributed by atoms with Crippen molar-refractivity contribution in [3.8, 4) is 17.2 Å². The summed E-state index contributed by atoms with van der Waals surface area (Å²) in [6, 6.07) is 29.5. The van der Waals surface area contributed by atoms with Gasteiger partial charge < -0.3 is 24.4 Å². The van der Waals surface area contributed by atoms with Gasteiger partial charge >= 0.3 is 0 Å². The average molecular weight is 553 g/mol. The van der Waals surface area contributed by atoms with Crippen molar-refractivity contribution in [2.75, 3.05) is 21.3 Å². The minimum Gasteiger partial charge on any atom is -0.497 e. The number of carbonyl (C=O) groups excluding carboxylic acids is 2. The molecule has 0 aliphatic carbocycles. The predicted octanol–water partition coefficient (Wildman–Crippen LogP) is 5.65. The molecule has 41 heavy (non-hydrogen) atoms. The Hall–Kier alpha value is -4.78. The number of aryl methyl sites for hydroxylation is 1. The zero-order chi connectivity index (χ0) is 29.2. The second-order valence-electron chi connectivity index (χ2n) is 9.75. The van der Waals surface area contributed by atoms with Crippen molar-refractivity contribution in [3.63, 3.8) is 0 Å². The van der Waals surface area contributed by atoms with Crippen LogP contribution in [0.1, 0.15) is 33.9 Å². The largest absolute Gasteiger partial charge is 0.497 e. The fourth-order valence-electron chi connectivity index (χ4n) is 4.62. The molecule has 0 spiro atoms. The van der Waals surface area contributed by atoms with Crippen LogP contribution < -0.4 is 19.5 Å². The van der Waals surface area contributed by atoms with Crippen molar-refractivity contribution in [2.24, 2.45) is 0 Å². The zero-order valence-electron chi connectivity index (χ0n) is 23.9. The summed E-state index contributed by atoms with van der Waals surface area (Å²) in [5.74, 6) is 1.37. The SMILES string of the molecule is COc1ccc(CN(C(=O)Cc2ccc(OC)c(OC)c2)[C@@H](C(=O)NCc2ccc(C)cc2)c2ccccc2)cc1. The van der Waals surface area contributed by atoms with Crippen LogP contribution in [0.3, 0.4) is 0 Å². The molecule has 0 heterocycles. The van der Waals surface area contributed by atoms with Crippen molar-refractivity contribution in [1.29, 1.82) is 0 Å². The number of rotatable bonds is 12. The molecule has 0 saturated heterocycles. The number of nitrogens with zero attached hydrogens (tertiary/aromatic N) is 1. The Morgan fingerprint density at radius 2 is 1.37 bits per heavy atom. The molecule has 0 radical (unpaired) electrons. The van der Waals surface area contributed by atoms with Crippen molar-refractivity contribution >= 4 is 11.8 Å². The first-order valence-electron chi connectivity index (χ1n) is 13.4. The third-order valence-electron chi connectivity index (χ3n) is 6.90. The van der Waals surface area contributed by atoms with Gasteiger partial charge in [0.05, 0.1) is 27.8 Å². The molecule has 0 aromatic heterocycles. The van der Waals surface area contributed by atoms with Crippen LogP contribution in [-0.2, 0) is 29.1 Å². The van der Waals surface area contributed by atoms with Crippen molar-refractivity contribution in [2.45, 2.75) is 32.5 Å². The van der Waals surface area contributed by atoms with Crippen LogP contribution in [0.25, 0.3) is 0 Å². The quantitative estimate of drug-likeness (QED) is 0.246. The molecule has 2 amide bonds. The van der Waals surface area contributed by atoms with Gasteiger partial charge in [0.1, 0.15) is 11.8 Å². The lowest BCUT2D eigenvalue weighted by molar-refractivity contribution is -0.141. The lowest BCUT2D eigenvalue weighted by Crippen LogP contribution is -2.43. The van der Waals surface area contributed by atoms with Crippen molar-refractivity contribution in [1.82, 2.24) is 10.2 Å². The summed E-state index contributed by atoms with van der Waals surface area (Å²) in [5, 5.41) is 3.06. The smallest absolute Gasteiger partial charge is 0.247 e. The number of methoxy groups -OCH3 is 3. The summed E-state index contributed by atoms with van der Waals surface area (Å²) in [7, 11) is 4.74. The van der Waals surface area contributed by atoms with E-state index in [4.69, 9.17) is 14.2 Å². The first-order valence-corrected chi connectivity index (χ1v) is 13.4. The van der Waals surface area contributed by atoms with Crippen LogP contribution in [0.15, 0.2) is 97.1 Å². The van der Waals surface area contributed by atoms with Gasteiger partial charge in [-0.05, 0) is 53.4 Å². The van der Waals surface area contributed by atoms with E-state index in [0.29, 0.717) is 23.8 Å². The second-order valence-corrected chi connectivity index (χ2v) is 9.75. The Morgan fingerprint density at radius 3 is 2.00 bits per heavy atom. The Bertz CT molecular complexity index is 1440. The van der Waals surface area contributed by atoms with E-state index in [0.717, 1.165) is 27.8 Å². The molecule has 0 aliphatic heterocycles. The number of hydrogen-bond acceptors (Lipinski definition) is 5. The highest BCUT2D eigenvalue weighted by molar-refractivity contribution is 5.89. The molecule has 4 aromatic carbocycles. The maximum atomic E-state index is 14.1. The monoisotopic (exact) mass is 552 g/mol. The molecule has 0 aliphatic rings. The molecular formula is C34H36N2O5. The molecule has 1 N–H and O–H groups in total. The van der Waals surface area contributed by atoms with Gasteiger partial charge in [0, 0.05) is 13.1 Å². The van der Waals surface area contributed by atoms with Gasteiger partial charge in [-0.2, -0.15) is 0 Å². The fourth-order valence-corrected chi connectivity index (χ4v) is 4.62. The van der Waals surface area contributed by atoms with E-state index in [1.54, 1.807) is 38.4 Å². The topological polar surface area (TPSA) is 77.1 Å². The summed E-state index contributed by atoms with van der Waals surface area (Å²) in [4.78, 5) is 29.6. The highest BCUT2D eigenvalue weighted by Gasteiger charge is 2.31. The maximum absolute atomic E-state index is 14.1. The summed E-state index contributed by atoms with van der Waals surface area (Å²) in [6.07, 6.45) is 0.0745. The summed E-state index contributed by atoms with van der Waals surface area (Å²) in [5.41, 5.74) is 4.48. The molecule has 7 heteroatoms. The third-order valence-corrected chi connectivity index (χ3v) is 6.90. The van der Waals surface area contributed by atoms with E-state index in [1.165, 1.54) is 0 Å². The van der Waals surface area contributed by atoms with E-state index in [-0.39, 0.29) is 24.8 Å². The van der Waals surface area contributed by atoms with Crippen LogP contribution in [0.4, 0.5) is 0 Å². The van der Waals surface area contributed by atoms with E-state index in [9.17, 15) is 9.59 Å². The molecule has 7 nitrogen and oxygen atoms in total. The molecule has 4 rings (SSSR count). The molecule has 0 bridgehead atoms. The molecule has 0 unspecified atom stereocenters. The minimum absolute atomic E-state index is 0.0745. The van der Waals surface area contributed by atoms with Crippen LogP contribution in [0.2, 0.25) is 0 Å². The highest BCUT2D eigenvalue weighted by Crippen LogP contribution is 2.30. The molecule has 0 saturated carbocycles. The Kier molecular flexibility index (Phi) is 9.99. The Labute approximate surface area is 241 Å². The molecule has 1 atom stereocenters. The maximum Gasteiger partial charge on any atom is 0.247 e. The van der Waals surface area contributed by atoms with E-state index < -0.39 is 6.04 Å². The van der Waals surface area contributed by atoms with Gasteiger partial charge in [0.15, 0.2) is 11.5 Å². The fraction of sp³-hybridized carbons (Fsp3) is 0.235. The molecule has 212 valence electrons. The predicted molar refractivity (Wildman–Crippen MR) is 159 cm³/mol. The second kappa shape index (κ2) is 14.0. The lowest BCUT2D eigenvalue weighted by atomic mass is 10.0. The van der Waals surface area contributed by atoms with E-state index in [2.05, 4.69) is 5.32 Å². The number of hydrogen-bond donors (Lipinski definition) is 1. The average Bonchev–Trinajstić information content (AvgIpc) is 3.01. The summed E-state index contributed by atoms with van der Waals surface area (Å²) < 4.78 is 16.1. The first kappa shape index (κ1) is 29.2. The van der Waals surface area contributed by atoms with Crippen LogP contribution in [-0.4, -0.2) is 38.0 Å². The normalized spacial score (nSPS) is 11.3. The highest BCUT2D eigenvalue weighted by atomic mass is 16.5. The van der Waals surface area contributed by atoms with Gasteiger partial charge in [-0.1, -0.05) is 78.4 Å². The van der Waals surface area contributed by atoms with Gasteiger partial charge in [0.25, 0.3) is 0 Å². The first-order chi connectivity index (χ1) is 19.9. The minimum atomic E-state index is -0.851. The van der Waals surface area contributed by atoms with Crippen LogP contribution in [0, 0.1) is 6.92 Å². The zero-order valence-corrected chi connectivity index (χ0v) is 23.9. The molecule has 4 aromatic rings. The number of amides is 2. The van der Waals surface area contributed by atoms with Crippen LogP contribution in [0.5, 0.6) is 17.2 Å². The van der Waals surface area contributed by atoms with E-state index in [1.807, 2.05) is 91.9 Å². The molecule has 0 fully saturated rings. The van der Waals surface area contributed by atoms with Gasteiger partial charge in [-0.25, -0.2) is 0 Å². The van der Waals surface area contributed by atoms with Gasteiger partial charge in [-0.15, -0.1) is 0 Å². The van der Waals surface area contributed by atoms with Gasteiger partial charge in [-0.3, -0.25) is 9.59 Å². The lowest BCUT2D eigenvalue weighted by Gasteiger charge is -2.32. The van der Waals surface area contributed by atoms with Crippen molar-refractivity contribution < 1.29 is 23.8 Å². The number of carbonyl (C=O) groups is 2. The Balaban J connectivity index is 1.68. The van der Waals surface area contributed by atoms with Crippen LogP contribution >= 0.6 is 0 Å². The Morgan fingerprint density at radius 1 is 0.732 bits per heavy atom. The number of ether oxygens (including phenoxy) is 3. The molecular weight excluding hydrogens is 516 g/mol.